The molecule has 0 saturated carbocycles. The molecule has 0 fully saturated rings. The van der Waals surface area contributed by atoms with E-state index in [-0.39, 0.29) is 11.0 Å². The Morgan fingerprint density at radius 3 is 2.50 bits per heavy atom. The number of hydrogen-bond donors (Lipinski definition) is 2. The van der Waals surface area contributed by atoms with Crippen molar-refractivity contribution < 1.29 is 22.3 Å². The van der Waals surface area contributed by atoms with Gasteiger partial charge in [-0.05, 0) is 22.0 Å². The number of rotatable bonds is 4. The first-order valence-electron chi connectivity index (χ1n) is 4.13. The fourth-order valence-corrected chi connectivity index (χ4v) is 2.57. The average Bonchev–Trinajstić information content (AvgIpc) is 2.20. The minimum atomic E-state index is -4.07. The quantitative estimate of drug-likeness (QED) is 0.815. The van der Waals surface area contributed by atoms with E-state index in [1.165, 1.54) is 0 Å². The van der Waals surface area contributed by atoms with Gasteiger partial charge in [0.1, 0.15) is 16.5 Å². The molecule has 0 radical (unpaired) electrons. The maximum absolute atomic E-state index is 13.2. The molecule has 2 N–H and O–H groups in total. The van der Waals surface area contributed by atoms with Crippen LogP contribution in [-0.4, -0.2) is 26.7 Å². The molecular formula is C8H8BrF2NO3S. The number of aliphatic hydroxyl groups excluding tert-OH is 1. The van der Waals surface area contributed by atoms with Crippen LogP contribution in [0.5, 0.6) is 0 Å². The van der Waals surface area contributed by atoms with Crippen molar-refractivity contribution in [1.29, 1.82) is 0 Å². The van der Waals surface area contributed by atoms with Crippen molar-refractivity contribution in [2.24, 2.45) is 0 Å². The first-order valence-corrected chi connectivity index (χ1v) is 6.41. The topological polar surface area (TPSA) is 66.4 Å². The normalized spacial score (nSPS) is 11.8. The van der Waals surface area contributed by atoms with Crippen LogP contribution in [0.3, 0.4) is 0 Å². The zero-order valence-electron chi connectivity index (χ0n) is 7.87. The minimum Gasteiger partial charge on any atom is -0.395 e. The lowest BCUT2D eigenvalue weighted by atomic mass is 10.3. The van der Waals surface area contributed by atoms with Crippen LogP contribution in [0, 0.1) is 11.6 Å². The summed E-state index contributed by atoms with van der Waals surface area (Å²) >= 11 is 2.76. The molecule has 0 amide bonds. The molecule has 1 rings (SSSR count). The zero-order valence-corrected chi connectivity index (χ0v) is 10.3. The highest BCUT2D eigenvalue weighted by Gasteiger charge is 2.20. The highest BCUT2D eigenvalue weighted by atomic mass is 79.9. The van der Waals surface area contributed by atoms with E-state index in [9.17, 15) is 17.2 Å². The molecule has 0 heterocycles. The fourth-order valence-electron chi connectivity index (χ4n) is 0.968. The molecule has 0 bridgehead atoms. The first-order chi connectivity index (χ1) is 7.38. The van der Waals surface area contributed by atoms with E-state index < -0.39 is 33.2 Å². The van der Waals surface area contributed by atoms with Gasteiger partial charge in [0.2, 0.25) is 10.0 Å². The Balaban J connectivity index is 3.18. The SMILES string of the molecule is O=S(=O)(NCCO)c1cc(Br)c(F)cc1F. The minimum absolute atomic E-state index is 0.154. The van der Waals surface area contributed by atoms with E-state index in [1.54, 1.807) is 0 Å². The van der Waals surface area contributed by atoms with E-state index in [1.807, 2.05) is 4.72 Å². The Hall–Kier alpha value is -0.570. The van der Waals surface area contributed by atoms with Gasteiger partial charge in [0.15, 0.2) is 0 Å². The summed E-state index contributed by atoms with van der Waals surface area (Å²) < 4.78 is 50.8. The van der Waals surface area contributed by atoms with Gasteiger partial charge in [-0.2, -0.15) is 0 Å². The van der Waals surface area contributed by atoms with E-state index in [0.717, 1.165) is 6.07 Å². The monoisotopic (exact) mass is 315 g/mol. The molecule has 1 aromatic rings. The third-order valence-corrected chi connectivity index (χ3v) is 3.75. The van der Waals surface area contributed by atoms with Gasteiger partial charge in [0.25, 0.3) is 0 Å². The molecule has 0 atom stereocenters. The fraction of sp³-hybridized carbons (Fsp3) is 0.250. The number of benzene rings is 1. The number of sulfonamides is 1. The van der Waals surface area contributed by atoms with E-state index in [2.05, 4.69) is 15.9 Å². The van der Waals surface area contributed by atoms with Crippen molar-refractivity contribution in [3.05, 3.63) is 28.2 Å². The molecule has 0 aliphatic heterocycles. The van der Waals surface area contributed by atoms with Crippen molar-refractivity contribution in [1.82, 2.24) is 4.72 Å². The molecule has 1 aromatic carbocycles. The van der Waals surface area contributed by atoms with Crippen molar-refractivity contribution >= 4 is 26.0 Å². The van der Waals surface area contributed by atoms with Gasteiger partial charge in [-0.25, -0.2) is 21.9 Å². The Morgan fingerprint density at radius 1 is 1.31 bits per heavy atom. The molecule has 0 aliphatic rings. The molecule has 0 aliphatic carbocycles. The molecule has 0 spiro atoms. The lowest BCUT2D eigenvalue weighted by Gasteiger charge is -2.07. The summed E-state index contributed by atoms with van der Waals surface area (Å²) in [4.78, 5) is -0.672. The van der Waals surface area contributed by atoms with Crippen LogP contribution in [0.4, 0.5) is 8.78 Å². The Kier molecular flexibility index (Phi) is 4.36. The second kappa shape index (κ2) is 5.17. The van der Waals surface area contributed by atoms with Crippen LogP contribution in [-0.2, 0) is 10.0 Å². The van der Waals surface area contributed by atoms with Crippen LogP contribution >= 0.6 is 15.9 Å². The van der Waals surface area contributed by atoms with E-state index in [4.69, 9.17) is 5.11 Å². The molecule has 90 valence electrons. The summed E-state index contributed by atoms with van der Waals surface area (Å²) in [6.45, 7) is -0.653. The second-order valence-electron chi connectivity index (χ2n) is 2.82. The van der Waals surface area contributed by atoms with Crippen LogP contribution < -0.4 is 4.72 Å². The van der Waals surface area contributed by atoms with E-state index in [0.29, 0.717) is 6.07 Å². The van der Waals surface area contributed by atoms with Crippen LogP contribution in [0.1, 0.15) is 0 Å². The van der Waals surface area contributed by atoms with Gasteiger partial charge in [-0.1, -0.05) is 0 Å². The summed E-state index contributed by atoms with van der Waals surface area (Å²) in [5, 5.41) is 8.45. The smallest absolute Gasteiger partial charge is 0.243 e. The first kappa shape index (κ1) is 13.5. The highest BCUT2D eigenvalue weighted by molar-refractivity contribution is 9.10. The number of hydrogen-bond acceptors (Lipinski definition) is 3. The third kappa shape index (κ3) is 2.97. The Morgan fingerprint density at radius 2 is 1.94 bits per heavy atom. The maximum Gasteiger partial charge on any atom is 0.243 e. The summed E-state index contributed by atoms with van der Waals surface area (Å²) in [6.07, 6.45) is 0. The van der Waals surface area contributed by atoms with Gasteiger partial charge >= 0.3 is 0 Å². The standard InChI is InChI=1S/C8H8BrF2NO3S/c9-5-3-8(7(11)4-6(5)10)16(14,15)12-1-2-13/h3-4,12-13H,1-2H2. The van der Waals surface area contributed by atoms with Gasteiger partial charge in [0.05, 0.1) is 11.1 Å². The summed E-state index contributed by atoms with van der Waals surface area (Å²) in [7, 11) is -4.07. The molecule has 4 nitrogen and oxygen atoms in total. The molecular weight excluding hydrogens is 308 g/mol. The zero-order chi connectivity index (χ0) is 12.3. The summed E-state index contributed by atoms with van der Waals surface area (Å²) in [5.74, 6) is -2.08. The van der Waals surface area contributed by atoms with Gasteiger partial charge in [-0.3, -0.25) is 0 Å². The van der Waals surface area contributed by atoms with Crippen molar-refractivity contribution in [3.63, 3.8) is 0 Å². The molecule has 0 aromatic heterocycles. The largest absolute Gasteiger partial charge is 0.395 e. The third-order valence-electron chi connectivity index (χ3n) is 1.67. The average molecular weight is 316 g/mol. The van der Waals surface area contributed by atoms with E-state index >= 15 is 0 Å². The molecule has 0 unspecified atom stereocenters. The highest BCUT2D eigenvalue weighted by Crippen LogP contribution is 2.23. The molecule has 8 heteroatoms. The van der Waals surface area contributed by atoms with Gasteiger partial charge in [0, 0.05) is 12.6 Å². The van der Waals surface area contributed by atoms with Gasteiger partial charge < -0.3 is 5.11 Å². The number of nitrogens with one attached hydrogen (secondary N) is 1. The van der Waals surface area contributed by atoms with Crippen molar-refractivity contribution in [2.75, 3.05) is 13.2 Å². The maximum atomic E-state index is 13.2. The Bertz CT molecular complexity index is 492. The van der Waals surface area contributed by atoms with Crippen LogP contribution in [0.15, 0.2) is 21.5 Å². The second-order valence-corrected chi connectivity index (χ2v) is 5.41. The summed E-state index contributed by atoms with van der Waals surface area (Å²) in [6, 6.07) is 1.29. The van der Waals surface area contributed by atoms with Crippen LogP contribution in [0.25, 0.3) is 0 Å². The predicted molar refractivity (Wildman–Crippen MR) is 56.3 cm³/mol. The predicted octanol–water partition coefficient (Wildman–Crippen LogP) is 0.998. The number of halogens is 3. The molecule has 16 heavy (non-hydrogen) atoms. The van der Waals surface area contributed by atoms with Crippen LogP contribution in [0.2, 0.25) is 0 Å². The molecule has 0 saturated heterocycles. The summed E-state index contributed by atoms with van der Waals surface area (Å²) in [5.41, 5.74) is 0. The lowest BCUT2D eigenvalue weighted by molar-refractivity contribution is 0.301. The van der Waals surface area contributed by atoms with Crippen molar-refractivity contribution in [2.45, 2.75) is 4.90 Å². The lowest BCUT2D eigenvalue weighted by Crippen LogP contribution is -2.27. The van der Waals surface area contributed by atoms with Gasteiger partial charge in [-0.15, -0.1) is 0 Å². The Labute approximate surface area is 99.5 Å². The van der Waals surface area contributed by atoms with Crippen molar-refractivity contribution in [3.8, 4) is 0 Å². The number of aliphatic hydroxyl groups is 1.